The van der Waals surface area contributed by atoms with E-state index in [2.05, 4.69) is 28.9 Å². The summed E-state index contributed by atoms with van der Waals surface area (Å²) >= 11 is 0. The van der Waals surface area contributed by atoms with E-state index in [1.165, 1.54) is 31.4 Å². The van der Waals surface area contributed by atoms with Crippen LogP contribution < -0.4 is 5.73 Å². The van der Waals surface area contributed by atoms with E-state index < -0.39 is 0 Å². The lowest BCUT2D eigenvalue weighted by atomic mass is 9.98. The molecular formula is C13H21N3. The van der Waals surface area contributed by atoms with Crippen LogP contribution in [0.25, 0.3) is 0 Å². The summed E-state index contributed by atoms with van der Waals surface area (Å²) in [5, 5.41) is 0. The van der Waals surface area contributed by atoms with Crippen molar-refractivity contribution in [1.82, 2.24) is 9.88 Å². The Kier molecular flexibility index (Phi) is 3.91. The van der Waals surface area contributed by atoms with E-state index in [1.54, 1.807) is 0 Å². The number of pyridine rings is 1. The highest BCUT2D eigenvalue weighted by Crippen LogP contribution is 2.27. The van der Waals surface area contributed by atoms with Crippen LogP contribution in [0.1, 0.15) is 37.8 Å². The molecule has 16 heavy (non-hydrogen) atoms. The minimum Gasteiger partial charge on any atom is -0.329 e. The molecule has 0 saturated carbocycles. The summed E-state index contributed by atoms with van der Waals surface area (Å²) < 4.78 is 0. The van der Waals surface area contributed by atoms with Crippen molar-refractivity contribution in [3.63, 3.8) is 0 Å². The number of nitrogens with zero attached hydrogens (tertiary/aromatic N) is 2. The van der Waals surface area contributed by atoms with E-state index in [-0.39, 0.29) is 0 Å². The second-order valence-corrected chi connectivity index (χ2v) is 4.61. The molecule has 2 heterocycles. The maximum atomic E-state index is 5.94. The monoisotopic (exact) mass is 219 g/mol. The highest BCUT2D eigenvalue weighted by molar-refractivity contribution is 5.16. The largest absolute Gasteiger partial charge is 0.329 e. The van der Waals surface area contributed by atoms with Crippen molar-refractivity contribution < 1.29 is 0 Å². The van der Waals surface area contributed by atoms with Crippen molar-refractivity contribution in [2.75, 3.05) is 13.1 Å². The second kappa shape index (κ2) is 5.41. The summed E-state index contributed by atoms with van der Waals surface area (Å²) in [6.45, 7) is 4.17. The van der Waals surface area contributed by atoms with Crippen LogP contribution in [0.5, 0.6) is 0 Å². The van der Waals surface area contributed by atoms with Crippen LogP contribution in [0, 0.1) is 0 Å². The van der Waals surface area contributed by atoms with Gasteiger partial charge < -0.3 is 5.73 Å². The zero-order valence-corrected chi connectivity index (χ0v) is 9.97. The first-order valence-electron chi connectivity index (χ1n) is 6.18. The quantitative estimate of drug-likeness (QED) is 0.845. The molecule has 1 aliphatic rings. The van der Waals surface area contributed by atoms with Crippen LogP contribution in [0.15, 0.2) is 24.5 Å². The third-order valence-electron chi connectivity index (χ3n) is 3.57. The standard InChI is InChI=1S/C13H21N3/c1-11-4-2-3-9-16(11)13(10-14)12-5-7-15-8-6-12/h5-8,11,13H,2-4,9-10,14H2,1H3. The van der Waals surface area contributed by atoms with Gasteiger partial charge in [-0.2, -0.15) is 0 Å². The van der Waals surface area contributed by atoms with Crippen LogP contribution in [-0.4, -0.2) is 29.0 Å². The fourth-order valence-electron chi connectivity index (χ4n) is 2.63. The Morgan fingerprint density at radius 2 is 2.19 bits per heavy atom. The number of hydrogen-bond donors (Lipinski definition) is 1. The van der Waals surface area contributed by atoms with Crippen molar-refractivity contribution in [2.24, 2.45) is 5.73 Å². The van der Waals surface area contributed by atoms with Gasteiger partial charge in [-0.25, -0.2) is 0 Å². The fraction of sp³-hybridized carbons (Fsp3) is 0.615. The van der Waals surface area contributed by atoms with E-state index in [1.807, 2.05) is 12.4 Å². The molecule has 0 radical (unpaired) electrons. The first-order chi connectivity index (χ1) is 7.83. The normalized spacial score (nSPS) is 24.2. The molecule has 1 aromatic heterocycles. The number of likely N-dealkylation sites (tertiary alicyclic amines) is 1. The molecule has 3 nitrogen and oxygen atoms in total. The Bertz CT molecular complexity index is 312. The van der Waals surface area contributed by atoms with Gasteiger partial charge in [0, 0.05) is 31.0 Å². The molecule has 0 aliphatic carbocycles. The fourth-order valence-corrected chi connectivity index (χ4v) is 2.63. The lowest BCUT2D eigenvalue weighted by molar-refractivity contribution is 0.109. The minimum atomic E-state index is 0.360. The van der Waals surface area contributed by atoms with Gasteiger partial charge in [0.05, 0.1) is 0 Å². The van der Waals surface area contributed by atoms with Crippen molar-refractivity contribution in [2.45, 2.75) is 38.3 Å². The second-order valence-electron chi connectivity index (χ2n) is 4.61. The smallest absolute Gasteiger partial charge is 0.0474 e. The molecular weight excluding hydrogens is 198 g/mol. The molecule has 88 valence electrons. The van der Waals surface area contributed by atoms with E-state index in [4.69, 9.17) is 5.73 Å². The molecule has 0 amide bonds. The molecule has 1 fully saturated rings. The average Bonchev–Trinajstić information content (AvgIpc) is 2.34. The SMILES string of the molecule is CC1CCCCN1C(CN)c1ccncc1. The summed E-state index contributed by atoms with van der Waals surface area (Å²) in [6, 6.07) is 5.17. The molecule has 0 aromatic carbocycles. The van der Waals surface area contributed by atoms with Crippen LogP contribution in [0.2, 0.25) is 0 Å². The van der Waals surface area contributed by atoms with E-state index >= 15 is 0 Å². The number of piperidine rings is 1. The van der Waals surface area contributed by atoms with Gasteiger partial charge in [-0.1, -0.05) is 6.42 Å². The molecule has 2 rings (SSSR count). The van der Waals surface area contributed by atoms with Gasteiger partial charge in [-0.15, -0.1) is 0 Å². The highest BCUT2D eigenvalue weighted by atomic mass is 15.2. The highest BCUT2D eigenvalue weighted by Gasteiger charge is 2.25. The first-order valence-corrected chi connectivity index (χ1v) is 6.18. The minimum absolute atomic E-state index is 0.360. The molecule has 1 saturated heterocycles. The Balaban J connectivity index is 2.15. The molecule has 1 aliphatic heterocycles. The summed E-state index contributed by atoms with van der Waals surface area (Å²) in [5.41, 5.74) is 7.23. The van der Waals surface area contributed by atoms with Crippen LogP contribution in [0.4, 0.5) is 0 Å². The third-order valence-corrected chi connectivity index (χ3v) is 3.57. The topological polar surface area (TPSA) is 42.1 Å². The number of hydrogen-bond acceptors (Lipinski definition) is 3. The zero-order chi connectivity index (χ0) is 11.4. The van der Waals surface area contributed by atoms with Gasteiger partial charge in [0.15, 0.2) is 0 Å². The third kappa shape index (κ3) is 2.42. The first kappa shape index (κ1) is 11.6. The van der Waals surface area contributed by atoms with Crippen LogP contribution in [-0.2, 0) is 0 Å². The van der Waals surface area contributed by atoms with Gasteiger partial charge in [-0.3, -0.25) is 9.88 Å². The Morgan fingerprint density at radius 1 is 1.44 bits per heavy atom. The van der Waals surface area contributed by atoms with Crippen LogP contribution in [0.3, 0.4) is 0 Å². The lowest BCUT2D eigenvalue weighted by Gasteiger charge is -2.39. The Morgan fingerprint density at radius 3 is 2.81 bits per heavy atom. The zero-order valence-electron chi connectivity index (χ0n) is 9.97. The average molecular weight is 219 g/mol. The number of nitrogens with two attached hydrogens (primary N) is 1. The molecule has 2 unspecified atom stereocenters. The Labute approximate surface area is 97.7 Å². The molecule has 3 heteroatoms. The predicted molar refractivity (Wildman–Crippen MR) is 66.1 cm³/mol. The van der Waals surface area contributed by atoms with Gasteiger partial charge in [-0.05, 0) is 44.0 Å². The van der Waals surface area contributed by atoms with E-state index in [0.29, 0.717) is 18.6 Å². The van der Waals surface area contributed by atoms with Crippen molar-refractivity contribution >= 4 is 0 Å². The van der Waals surface area contributed by atoms with E-state index in [9.17, 15) is 0 Å². The molecule has 1 aromatic rings. The maximum Gasteiger partial charge on any atom is 0.0474 e. The molecule has 2 N–H and O–H groups in total. The Hall–Kier alpha value is -0.930. The van der Waals surface area contributed by atoms with Gasteiger partial charge >= 0.3 is 0 Å². The summed E-state index contributed by atoms with van der Waals surface area (Å²) in [5.74, 6) is 0. The summed E-state index contributed by atoms with van der Waals surface area (Å²) in [4.78, 5) is 6.61. The molecule has 2 atom stereocenters. The summed E-state index contributed by atoms with van der Waals surface area (Å²) in [6.07, 6.45) is 7.65. The van der Waals surface area contributed by atoms with E-state index in [0.717, 1.165) is 0 Å². The number of rotatable bonds is 3. The van der Waals surface area contributed by atoms with Crippen molar-refractivity contribution in [1.29, 1.82) is 0 Å². The lowest BCUT2D eigenvalue weighted by Crippen LogP contribution is -2.43. The van der Waals surface area contributed by atoms with Crippen molar-refractivity contribution in [3.05, 3.63) is 30.1 Å². The van der Waals surface area contributed by atoms with Gasteiger partial charge in [0.25, 0.3) is 0 Å². The van der Waals surface area contributed by atoms with Crippen molar-refractivity contribution in [3.8, 4) is 0 Å². The van der Waals surface area contributed by atoms with Gasteiger partial charge in [0.1, 0.15) is 0 Å². The summed E-state index contributed by atoms with van der Waals surface area (Å²) in [7, 11) is 0. The predicted octanol–water partition coefficient (Wildman–Crippen LogP) is 1.96. The molecule has 0 spiro atoms. The van der Waals surface area contributed by atoms with Gasteiger partial charge in [0.2, 0.25) is 0 Å². The molecule has 0 bridgehead atoms. The van der Waals surface area contributed by atoms with Crippen LogP contribution >= 0.6 is 0 Å². The maximum absolute atomic E-state index is 5.94. The number of aromatic nitrogens is 1.